The number of esters is 1. The Balaban J connectivity index is 3.27. The van der Waals surface area contributed by atoms with Crippen LogP contribution in [0.4, 0.5) is 0 Å². The molecule has 0 radical (unpaired) electrons. The molecule has 3 nitrogen and oxygen atoms in total. The first-order valence-corrected chi connectivity index (χ1v) is 4.79. The summed E-state index contributed by atoms with van der Waals surface area (Å²) in [5, 5.41) is 0. The van der Waals surface area contributed by atoms with Crippen molar-refractivity contribution < 1.29 is 14.3 Å². The van der Waals surface area contributed by atoms with Gasteiger partial charge in [0.05, 0.1) is 19.1 Å². The highest BCUT2D eigenvalue weighted by atomic mass is 16.5. The molecular formula is C10H20O3. The zero-order chi connectivity index (χ0) is 10.3. The first-order chi connectivity index (χ1) is 6.02. The van der Waals surface area contributed by atoms with E-state index in [9.17, 15) is 4.79 Å². The van der Waals surface area contributed by atoms with Gasteiger partial charge in [0.25, 0.3) is 0 Å². The Bertz CT molecular complexity index is 141. The molecule has 0 amide bonds. The Morgan fingerprint density at radius 3 is 2.31 bits per heavy atom. The van der Waals surface area contributed by atoms with Gasteiger partial charge in [-0.2, -0.15) is 0 Å². The van der Waals surface area contributed by atoms with Gasteiger partial charge in [-0.3, -0.25) is 4.79 Å². The Morgan fingerprint density at radius 2 is 1.85 bits per heavy atom. The van der Waals surface area contributed by atoms with Gasteiger partial charge < -0.3 is 9.47 Å². The highest BCUT2D eigenvalue weighted by Crippen LogP contribution is 1.96. The van der Waals surface area contributed by atoms with Gasteiger partial charge in [0.1, 0.15) is 0 Å². The lowest BCUT2D eigenvalue weighted by Gasteiger charge is -2.08. The lowest BCUT2D eigenvalue weighted by atomic mass is 10.2. The van der Waals surface area contributed by atoms with Crippen LogP contribution in [0.15, 0.2) is 0 Å². The van der Waals surface area contributed by atoms with Gasteiger partial charge in [-0.05, 0) is 19.8 Å². The molecular weight excluding hydrogens is 168 g/mol. The molecule has 0 spiro atoms. The molecule has 0 heterocycles. The van der Waals surface area contributed by atoms with Gasteiger partial charge in [-0.15, -0.1) is 0 Å². The molecule has 0 bridgehead atoms. The maximum absolute atomic E-state index is 11.0. The fourth-order valence-corrected chi connectivity index (χ4v) is 0.796. The summed E-state index contributed by atoms with van der Waals surface area (Å²) in [6.07, 6.45) is 0.322. The predicted molar refractivity (Wildman–Crippen MR) is 51.5 cm³/mol. The van der Waals surface area contributed by atoms with Crippen molar-refractivity contribution in [2.45, 2.75) is 40.2 Å². The van der Waals surface area contributed by atoms with E-state index in [0.717, 1.165) is 0 Å². The van der Waals surface area contributed by atoms with E-state index in [1.54, 1.807) is 0 Å². The molecule has 0 unspecified atom stereocenters. The van der Waals surface area contributed by atoms with Crippen molar-refractivity contribution in [2.24, 2.45) is 5.92 Å². The average molecular weight is 188 g/mol. The van der Waals surface area contributed by atoms with Crippen molar-refractivity contribution in [1.82, 2.24) is 0 Å². The SMILES string of the molecule is CC(C)COCCC(=O)OC(C)C. The molecule has 0 aromatic rings. The van der Waals surface area contributed by atoms with Crippen molar-refractivity contribution in [2.75, 3.05) is 13.2 Å². The van der Waals surface area contributed by atoms with Crippen molar-refractivity contribution in [3.05, 3.63) is 0 Å². The van der Waals surface area contributed by atoms with Crippen LogP contribution in [0.25, 0.3) is 0 Å². The van der Waals surface area contributed by atoms with Crippen molar-refractivity contribution in [1.29, 1.82) is 0 Å². The predicted octanol–water partition coefficient (Wildman–Crippen LogP) is 2.00. The molecule has 0 atom stereocenters. The molecule has 0 aliphatic heterocycles. The van der Waals surface area contributed by atoms with Crippen LogP contribution in [0.2, 0.25) is 0 Å². The largest absolute Gasteiger partial charge is 0.463 e. The number of hydrogen-bond acceptors (Lipinski definition) is 3. The molecule has 0 aromatic heterocycles. The van der Waals surface area contributed by atoms with Crippen LogP contribution in [0.3, 0.4) is 0 Å². The maximum atomic E-state index is 11.0. The van der Waals surface area contributed by atoms with Crippen LogP contribution in [0.1, 0.15) is 34.1 Å². The van der Waals surface area contributed by atoms with E-state index >= 15 is 0 Å². The molecule has 0 aliphatic rings. The van der Waals surface area contributed by atoms with Crippen molar-refractivity contribution in [3.63, 3.8) is 0 Å². The average Bonchev–Trinajstić information content (AvgIpc) is 1.96. The van der Waals surface area contributed by atoms with Gasteiger partial charge in [0, 0.05) is 6.61 Å². The number of hydrogen-bond donors (Lipinski definition) is 0. The Kier molecular flexibility index (Phi) is 6.59. The fraction of sp³-hybridized carbons (Fsp3) is 0.900. The van der Waals surface area contributed by atoms with Crippen molar-refractivity contribution in [3.8, 4) is 0 Å². The Hall–Kier alpha value is -0.570. The second-order valence-electron chi connectivity index (χ2n) is 3.76. The van der Waals surface area contributed by atoms with Gasteiger partial charge in [-0.25, -0.2) is 0 Å². The van der Waals surface area contributed by atoms with E-state index in [0.29, 0.717) is 25.6 Å². The number of rotatable bonds is 6. The monoisotopic (exact) mass is 188 g/mol. The maximum Gasteiger partial charge on any atom is 0.308 e. The van der Waals surface area contributed by atoms with Crippen LogP contribution < -0.4 is 0 Å². The van der Waals surface area contributed by atoms with E-state index in [1.165, 1.54) is 0 Å². The quantitative estimate of drug-likeness (QED) is 0.472. The summed E-state index contributed by atoms with van der Waals surface area (Å²) in [7, 11) is 0. The number of carbonyl (C=O) groups is 1. The second kappa shape index (κ2) is 6.89. The minimum absolute atomic E-state index is 0.0300. The molecule has 0 aromatic carbocycles. The van der Waals surface area contributed by atoms with Crippen LogP contribution in [-0.4, -0.2) is 25.3 Å². The van der Waals surface area contributed by atoms with Crippen LogP contribution in [-0.2, 0) is 14.3 Å². The zero-order valence-corrected chi connectivity index (χ0v) is 9.00. The number of carbonyl (C=O) groups excluding carboxylic acids is 1. The lowest BCUT2D eigenvalue weighted by Crippen LogP contribution is -2.14. The minimum Gasteiger partial charge on any atom is -0.463 e. The molecule has 0 aliphatic carbocycles. The third-order valence-corrected chi connectivity index (χ3v) is 1.27. The van der Waals surface area contributed by atoms with E-state index in [2.05, 4.69) is 13.8 Å². The van der Waals surface area contributed by atoms with E-state index in [4.69, 9.17) is 9.47 Å². The highest BCUT2D eigenvalue weighted by molar-refractivity contribution is 5.69. The smallest absolute Gasteiger partial charge is 0.308 e. The van der Waals surface area contributed by atoms with E-state index in [-0.39, 0.29) is 12.1 Å². The summed E-state index contributed by atoms with van der Waals surface area (Å²) in [6, 6.07) is 0. The van der Waals surface area contributed by atoms with Crippen LogP contribution >= 0.6 is 0 Å². The number of ether oxygens (including phenoxy) is 2. The summed E-state index contributed by atoms with van der Waals surface area (Å²) in [4.78, 5) is 11.0. The fourth-order valence-electron chi connectivity index (χ4n) is 0.796. The molecule has 0 saturated heterocycles. The van der Waals surface area contributed by atoms with Gasteiger partial charge in [-0.1, -0.05) is 13.8 Å². The third-order valence-electron chi connectivity index (χ3n) is 1.27. The highest BCUT2D eigenvalue weighted by Gasteiger charge is 2.04. The van der Waals surface area contributed by atoms with Gasteiger partial charge >= 0.3 is 5.97 Å². The van der Waals surface area contributed by atoms with E-state index < -0.39 is 0 Å². The summed E-state index contributed by atoms with van der Waals surface area (Å²) >= 11 is 0. The van der Waals surface area contributed by atoms with Crippen LogP contribution in [0, 0.1) is 5.92 Å². The summed E-state index contributed by atoms with van der Waals surface area (Å²) < 4.78 is 10.2. The second-order valence-corrected chi connectivity index (χ2v) is 3.76. The molecule has 0 rings (SSSR count). The van der Waals surface area contributed by atoms with E-state index in [1.807, 2.05) is 13.8 Å². The molecule has 0 saturated carbocycles. The van der Waals surface area contributed by atoms with Crippen LogP contribution in [0.5, 0.6) is 0 Å². The van der Waals surface area contributed by atoms with Crippen molar-refractivity contribution >= 4 is 5.97 Å². The first-order valence-electron chi connectivity index (χ1n) is 4.79. The minimum atomic E-state index is -0.182. The zero-order valence-electron chi connectivity index (χ0n) is 9.00. The molecule has 0 N–H and O–H groups in total. The summed E-state index contributed by atoms with van der Waals surface area (Å²) in [5.41, 5.74) is 0. The summed E-state index contributed by atoms with van der Waals surface area (Å²) in [6.45, 7) is 9.00. The third kappa shape index (κ3) is 9.34. The normalized spacial score (nSPS) is 10.9. The van der Waals surface area contributed by atoms with Gasteiger partial charge in [0.15, 0.2) is 0 Å². The molecule has 0 fully saturated rings. The molecule has 78 valence electrons. The summed E-state index contributed by atoms with van der Waals surface area (Å²) in [5.74, 6) is 0.333. The standard InChI is InChI=1S/C10H20O3/c1-8(2)7-12-6-5-10(11)13-9(3)4/h8-9H,5-7H2,1-4H3. The first kappa shape index (κ1) is 12.4. The molecule has 3 heteroatoms. The lowest BCUT2D eigenvalue weighted by molar-refractivity contribution is -0.148. The molecule has 13 heavy (non-hydrogen) atoms. The Morgan fingerprint density at radius 1 is 1.23 bits per heavy atom. The van der Waals surface area contributed by atoms with Gasteiger partial charge in [0.2, 0.25) is 0 Å². The topological polar surface area (TPSA) is 35.5 Å². The Labute approximate surface area is 80.4 Å².